The van der Waals surface area contributed by atoms with Crippen LogP contribution in [0.2, 0.25) is 0 Å². The fourth-order valence-electron chi connectivity index (χ4n) is 2.39. The molecule has 0 spiro atoms. The number of carbonyl (C=O) groups excluding carboxylic acids is 3. The Balaban J connectivity index is 2.22. The number of hydrogen-bond donors (Lipinski definition) is 0. The summed E-state index contributed by atoms with van der Waals surface area (Å²) in [5.41, 5.74) is 0.696. The molecule has 1 saturated heterocycles. The lowest BCUT2D eigenvalue weighted by atomic mass is 10.2. The molecule has 0 bridgehead atoms. The van der Waals surface area contributed by atoms with Crippen molar-refractivity contribution >= 4 is 57.5 Å². The monoisotopic (exact) mass is 519 g/mol. The van der Waals surface area contributed by atoms with Crippen molar-refractivity contribution in [2.24, 2.45) is 0 Å². The molecule has 0 aliphatic carbocycles. The first-order valence-electron chi connectivity index (χ1n) is 8.75. The van der Waals surface area contributed by atoms with Crippen molar-refractivity contribution in [3.05, 3.63) is 26.2 Å². The average Bonchev–Trinajstić information content (AvgIpc) is 2.89. The zero-order valence-corrected chi connectivity index (χ0v) is 19.1. The topological polar surface area (TPSA) is 82.1 Å². The molecular weight excluding hydrogens is 497 g/mol. The molecule has 28 heavy (non-hydrogen) atoms. The van der Waals surface area contributed by atoms with Crippen LogP contribution in [-0.4, -0.2) is 48.4 Å². The van der Waals surface area contributed by atoms with E-state index in [9.17, 15) is 14.4 Å². The Morgan fingerprint density at radius 3 is 2.64 bits per heavy atom. The normalized spacial score (nSPS) is 16.5. The Labute approximate surface area is 181 Å². The van der Waals surface area contributed by atoms with Crippen LogP contribution in [-0.2, 0) is 14.3 Å². The summed E-state index contributed by atoms with van der Waals surface area (Å²) in [5, 5.41) is -0.495. The van der Waals surface area contributed by atoms with Crippen LogP contribution in [0.25, 0.3) is 6.08 Å². The van der Waals surface area contributed by atoms with Gasteiger partial charge in [0.2, 0.25) is 0 Å². The highest BCUT2D eigenvalue weighted by Gasteiger charge is 2.37. The summed E-state index contributed by atoms with van der Waals surface area (Å²) in [6.45, 7) is 5.57. The van der Waals surface area contributed by atoms with Gasteiger partial charge in [-0.05, 0) is 78.4 Å². The van der Waals surface area contributed by atoms with Crippen LogP contribution in [0.15, 0.2) is 17.0 Å². The predicted octanol–water partition coefficient (Wildman–Crippen LogP) is 4.08. The summed E-state index contributed by atoms with van der Waals surface area (Å²) in [6, 6.07) is 3.57. The molecule has 1 heterocycles. The van der Waals surface area contributed by atoms with Crippen LogP contribution in [0.3, 0.4) is 0 Å². The van der Waals surface area contributed by atoms with E-state index in [2.05, 4.69) is 22.6 Å². The molecule has 0 unspecified atom stereocenters. The number of imide groups is 1. The molecule has 2 amide bonds. The second-order valence-corrected chi connectivity index (χ2v) is 8.10. The average molecular weight is 519 g/mol. The van der Waals surface area contributed by atoms with Crippen molar-refractivity contribution in [1.29, 1.82) is 0 Å². The van der Waals surface area contributed by atoms with Gasteiger partial charge in [-0.25, -0.2) is 0 Å². The van der Waals surface area contributed by atoms with Crippen LogP contribution < -0.4 is 9.47 Å². The molecule has 1 aromatic carbocycles. The van der Waals surface area contributed by atoms with Gasteiger partial charge in [-0.3, -0.25) is 19.3 Å². The molecule has 0 aromatic heterocycles. The van der Waals surface area contributed by atoms with E-state index < -0.39 is 23.7 Å². The third-order valence-electron chi connectivity index (χ3n) is 3.90. The van der Waals surface area contributed by atoms with E-state index in [-0.39, 0.29) is 11.0 Å². The smallest absolute Gasteiger partial charge is 0.326 e. The van der Waals surface area contributed by atoms with Gasteiger partial charge in [0.15, 0.2) is 11.5 Å². The molecule has 0 N–H and O–H groups in total. The first-order chi connectivity index (χ1) is 13.3. The Bertz CT molecular complexity index is 810. The molecule has 1 aromatic rings. The van der Waals surface area contributed by atoms with E-state index in [1.165, 1.54) is 0 Å². The number of carbonyl (C=O) groups is 3. The Hall–Kier alpha value is -1.75. The molecule has 2 rings (SSSR count). The number of methoxy groups -OCH3 is 1. The highest BCUT2D eigenvalue weighted by molar-refractivity contribution is 14.1. The molecule has 0 saturated carbocycles. The first-order valence-corrected chi connectivity index (χ1v) is 10.6. The molecule has 9 heteroatoms. The number of nitrogens with zero attached hydrogens (tertiary/aromatic N) is 1. The highest BCUT2D eigenvalue weighted by Crippen LogP contribution is 2.37. The van der Waals surface area contributed by atoms with Crippen LogP contribution in [0.4, 0.5) is 4.79 Å². The quantitative estimate of drug-likeness (QED) is 0.291. The minimum absolute atomic E-state index is 0.241. The van der Waals surface area contributed by atoms with Gasteiger partial charge in [-0.2, -0.15) is 0 Å². The van der Waals surface area contributed by atoms with E-state index in [1.54, 1.807) is 26.2 Å². The number of benzene rings is 1. The molecular formula is C19H22INO6S. The van der Waals surface area contributed by atoms with Crippen molar-refractivity contribution in [2.75, 3.05) is 20.3 Å². The van der Waals surface area contributed by atoms with Gasteiger partial charge < -0.3 is 14.2 Å². The highest BCUT2D eigenvalue weighted by atomic mass is 127. The fourth-order valence-corrected chi connectivity index (χ4v) is 4.08. The number of hydrogen-bond acceptors (Lipinski definition) is 7. The summed E-state index contributed by atoms with van der Waals surface area (Å²) in [5.74, 6) is 0.0513. The molecule has 152 valence electrons. The summed E-state index contributed by atoms with van der Waals surface area (Å²) in [6.07, 6.45) is 2.00. The lowest BCUT2D eigenvalue weighted by molar-refractivity contribution is -0.150. The number of thioether (sulfide) groups is 1. The van der Waals surface area contributed by atoms with Crippen LogP contribution in [0.1, 0.15) is 32.8 Å². The van der Waals surface area contributed by atoms with Crippen LogP contribution >= 0.6 is 34.4 Å². The van der Waals surface area contributed by atoms with Gasteiger partial charge in [-0.1, -0.05) is 6.92 Å². The van der Waals surface area contributed by atoms with Gasteiger partial charge in [0, 0.05) is 0 Å². The number of rotatable bonds is 8. The number of ether oxygens (including phenoxy) is 3. The van der Waals surface area contributed by atoms with E-state index in [0.717, 1.165) is 20.2 Å². The molecule has 1 aliphatic heterocycles. The summed E-state index contributed by atoms with van der Waals surface area (Å²) in [4.78, 5) is 37.8. The van der Waals surface area contributed by atoms with Crippen LogP contribution in [0, 0.1) is 3.57 Å². The maximum Gasteiger partial charge on any atom is 0.326 e. The van der Waals surface area contributed by atoms with Gasteiger partial charge in [0.25, 0.3) is 11.1 Å². The zero-order chi connectivity index (χ0) is 20.8. The van der Waals surface area contributed by atoms with Crippen molar-refractivity contribution in [3.8, 4) is 11.5 Å². The van der Waals surface area contributed by atoms with Crippen molar-refractivity contribution in [3.63, 3.8) is 0 Å². The molecule has 1 fully saturated rings. The van der Waals surface area contributed by atoms with Gasteiger partial charge in [0.05, 0.1) is 28.3 Å². The summed E-state index contributed by atoms with van der Waals surface area (Å²) in [7, 11) is 1.56. The third-order valence-corrected chi connectivity index (χ3v) is 5.61. The minimum Gasteiger partial charge on any atom is -0.492 e. The minimum atomic E-state index is -0.601. The number of esters is 1. The lowest BCUT2D eigenvalue weighted by Crippen LogP contribution is -2.35. The van der Waals surface area contributed by atoms with E-state index in [1.807, 2.05) is 19.9 Å². The van der Waals surface area contributed by atoms with Gasteiger partial charge in [-0.15, -0.1) is 0 Å². The first kappa shape index (κ1) is 22.5. The summed E-state index contributed by atoms with van der Waals surface area (Å²) < 4.78 is 16.9. The van der Waals surface area contributed by atoms with Crippen molar-refractivity contribution < 1.29 is 28.6 Å². The summed E-state index contributed by atoms with van der Waals surface area (Å²) >= 11 is 2.91. The number of halogens is 1. The Morgan fingerprint density at radius 2 is 2.04 bits per heavy atom. The van der Waals surface area contributed by atoms with E-state index >= 15 is 0 Å². The van der Waals surface area contributed by atoms with Crippen molar-refractivity contribution in [1.82, 2.24) is 4.90 Å². The predicted molar refractivity (Wildman–Crippen MR) is 115 cm³/mol. The SMILES string of the molecule is CCOc1cc(/C=C2/SC(=O)N(CC(=O)O[C@@H](C)CC)C2=O)cc(I)c1OC. The maximum absolute atomic E-state index is 12.6. The van der Waals surface area contributed by atoms with E-state index in [0.29, 0.717) is 30.1 Å². The molecule has 7 nitrogen and oxygen atoms in total. The molecule has 1 atom stereocenters. The van der Waals surface area contributed by atoms with Crippen LogP contribution in [0.5, 0.6) is 11.5 Å². The largest absolute Gasteiger partial charge is 0.492 e. The standard InChI is InChI=1S/C19H22INO6S/c1-5-11(3)27-16(22)10-21-18(23)15(28-19(21)24)9-12-7-13(20)17(25-4)14(8-12)26-6-2/h7-9,11H,5-6,10H2,1-4H3/b15-9+/t11-/m0/s1. The van der Waals surface area contributed by atoms with Gasteiger partial charge >= 0.3 is 5.97 Å². The second-order valence-electron chi connectivity index (χ2n) is 5.94. The lowest BCUT2D eigenvalue weighted by Gasteiger charge is -2.15. The fraction of sp³-hybridized carbons (Fsp3) is 0.421. The maximum atomic E-state index is 12.6. The Morgan fingerprint density at radius 1 is 1.32 bits per heavy atom. The third kappa shape index (κ3) is 5.40. The second kappa shape index (κ2) is 10.1. The van der Waals surface area contributed by atoms with Crippen molar-refractivity contribution in [2.45, 2.75) is 33.3 Å². The molecule has 1 aliphatic rings. The molecule has 0 radical (unpaired) electrons. The Kier molecular flexibility index (Phi) is 8.17. The number of amides is 2. The zero-order valence-electron chi connectivity index (χ0n) is 16.1. The van der Waals surface area contributed by atoms with Gasteiger partial charge in [0.1, 0.15) is 6.54 Å². The van der Waals surface area contributed by atoms with E-state index in [4.69, 9.17) is 14.2 Å².